The maximum absolute atomic E-state index is 5.90. The van der Waals surface area contributed by atoms with Crippen LogP contribution in [0.2, 0.25) is 5.02 Å². The minimum atomic E-state index is 0.719. The summed E-state index contributed by atoms with van der Waals surface area (Å²) in [5.74, 6) is 0. The Morgan fingerprint density at radius 3 is 2.43 bits per heavy atom. The Morgan fingerprint density at radius 1 is 1.09 bits per heavy atom. The van der Waals surface area contributed by atoms with Crippen LogP contribution in [0, 0.1) is 0 Å². The van der Waals surface area contributed by atoms with Crippen LogP contribution in [0.3, 0.4) is 0 Å². The highest BCUT2D eigenvalue weighted by molar-refractivity contribution is 6.30. The molecule has 120 valence electrons. The molecular formula is C19H22ClN3. The molecule has 0 bridgehead atoms. The van der Waals surface area contributed by atoms with Gasteiger partial charge < -0.3 is 4.90 Å². The second-order valence-corrected chi connectivity index (χ2v) is 5.96. The van der Waals surface area contributed by atoms with Gasteiger partial charge in [-0.3, -0.25) is 5.43 Å². The topological polar surface area (TPSA) is 27.6 Å². The Bertz CT molecular complexity index is 646. The van der Waals surface area contributed by atoms with E-state index in [0.29, 0.717) is 0 Å². The van der Waals surface area contributed by atoms with E-state index in [4.69, 9.17) is 11.6 Å². The largest absolute Gasteiger partial charge is 0.309 e. The third kappa shape index (κ3) is 6.68. The molecule has 2 aromatic rings. The molecule has 0 heterocycles. The fourth-order valence-electron chi connectivity index (χ4n) is 1.93. The zero-order valence-electron chi connectivity index (χ0n) is 13.5. The number of nitrogens with one attached hydrogen (secondary N) is 1. The van der Waals surface area contributed by atoms with Crippen LogP contribution < -0.4 is 5.43 Å². The first-order valence-electron chi connectivity index (χ1n) is 7.59. The van der Waals surface area contributed by atoms with Gasteiger partial charge in [-0.1, -0.05) is 48.0 Å². The Morgan fingerprint density at radius 2 is 1.78 bits per heavy atom. The van der Waals surface area contributed by atoms with Crippen LogP contribution >= 0.6 is 11.6 Å². The lowest BCUT2D eigenvalue weighted by Gasteiger charge is -2.09. The summed E-state index contributed by atoms with van der Waals surface area (Å²) < 4.78 is 0. The summed E-state index contributed by atoms with van der Waals surface area (Å²) in [6.07, 6.45) is 5.01. The molecule has 2 aromatic carbocycles. The fraction of sp³-hybridized carbons (Fsp3) is 0.211. The molecule has 2 rings (SSSR count). The molecule has 0 aliphatic carbocycles. The van der Waals surface area contributed by atoms with Crippen molar-refractivity contribution in [2.24, 2.45) is 5.10 Å². The molecule has 0 saturated heterocycles. The monoisotopic (exact) mass is 327 g/mol. The molecule has 0 amide bonds. The number of nitrogens with zero attached hydrogens (tertiary/aromatic N) is 2. The highest BCUT2D eigenvalue weighted by Gasteiger charge is 1.98. The summed E-state index contributed by atoms with van der Waals surface area (Å²) in [4.78, 5) is 2.15. The molecule has 3 nitrogen and oxygen atoms in total. The lowest BCUT2D eigenvalue weighted by Crippen LogP contribution is -2.16. The smallest absolute Gasteiger partial charge is 0.0620 e. The van der Waals surface area contributed by atoms with Gasteiger partial charge in [-0.05, 0) is 50.0 Å². The zero-order valence-corrected chi connectivity index (χ0v) is 14.3. The van der Waals surface area contributed by atoms with E-state index in [1.807, 2.05) is 42.5 Å². The Labute approximate surface area is 143 Å². The summed E-state index contributed by atoms with van der Waals surface area (Å²) in [5, 5.41) is 5.24. The molecule has 0 aliphatic rings. The number of rotatable bonds is 7. The third-order valence-corrected chi connectivity index (χ3v) is 3.51. The second-order valence-electron chi connectivity index (χ2n) is 5.52. The molecule has 23 heavy (non-hydrogen) atoms. The first-order chi connectivity index (χ1) is 11.1. The van der Waals surface area contributed by atoms with Crippen LogP contribution in [0.1, 0.15) is 12.0 Å². The zero-order chi connectivity index (χ0) is 16.5. The van der Waals surface area contributed by atoms with Crippen molar-refractivity contribution in [3.05, 3.63) is 71.3 Å². The summed E-state index contributed by atoms with van der Waals surface area (Å²) in [7, 11) is 4.12. The molecule has 1 N–H and O–H groups in total. The third-order valence-electron chi connectivity index (χ3n) is 3.26. The normalized spacial score (nSPS) is 12.1. The minimum Gasteiger partial charge on any atom is -0.309 e. The molecule has 0 saturated carbocycles. The molecule has 0 atom stereocenters. The Kier molecular flexibility index (Phi) is 6.85. The summed E-state index contributed by atoms with van der Waals surface area (Å²) in [6.45, 7) is 0.945. The van der Waals surface area contributed by atoms with E-state index < -0.39 is 0 Å². The first-order valence-corrected chi connectivity index (χ1v) is 7.97. The van der Waals surface area contributed by atoms with Gasteiger partial charge in [0, 0.05) is 18.0 Å². The number of halogens is 1. The number of anilines is 1. The molecule has 4 heteroatoms. The van der Waals surface area contributed by atoms with Gasteiger partial charge in [-0.25, -0.2) is 0 Å². The standard InChI is InChI=1S/C19H22ClN3/c1-23(2)15-14-19(11-8-16-6-4-3-5-7-16)22-21-18-12-9-17(20)10-13-18/h3-13,21H,14-15H2,1-2H3/b11-8-,22-19+. The van der Waals surface area contributed by atoms with Crippen molar-refractivity contribution in [3.8, 4) is 0 Å². The minimum absolute atomic E-state index is 0.719. The van der Waals surface area contributed by atoms with Crippen molar-refractivity contribution < 1.29 is 0 Å². The van der Waals surface area contributed by atoms with E-state index in [0.717, 1.165) is 35.0 Å². The molecule has 0 aliphatic heterocycles. The van der Waals surface area contributed by atoms with Crippen LogP contribution in [-0.2, 0) is 0 Å². The van der Waals surface area contributed by atoms with Crippen LogP contribution in [-0.4, -0.2) is 31.3 Å². The van der Waals surface area contributed by atoms with Crippen LogP contribution in [0.5, 0.6) is 0 Å². The highest BCUT2D eigenvalue weighted by Crippen LogP contribution is 2.13. The van der Waals surface area contributed by atoms with Crippen molar-refractivity contribution in [2.45, 2.75) is 6.42 Å². The first kappa shape index (κ1) is 17.3. The maximum atomic E-state index is 5.90. The molecule has 0 fully saturated rings. The van der Waals surface area contributed by atoms with Gasteiger partial charge >= 0.3 is 0 Å². The van der Waals surface area contributed by atoms with Gasteiger partial charge in [0.25, 0.3) is 0 Å². The van der Waals surface area contributed by atoms with E-state index in [2.05, 4.69) is 53.8 Å². The molecule has 0 radical (unpaired) electrons. The molecule has 0 aromatic heterocycles. The number of benzene rings is 2. The predicted molar refractivity (Wildman–Crippen MR) is 101 cm³/mol. The van der Waals surface area contributed by atoms with Crippen molar-refractivity contribution in [2.75, 3.05) is 26.1 Å². The lowest BCUT2D eigenvalue weighted by molar-refractivity contribution is 0.422. The lowest BCUT2D eigenvalue weighted by atomic mass is 10.1. The second kappa shape index (κ2) is 9.13. The number of hydrazone groups is 1. The van der Waals surface area contributed by atoms with E-state index >= 15 is 0 Å². The summed E-state index contributed by atoms with van der Waals surface area (Å²) >= 11 is 5.90. The van der Waals surface area contributed by atoms with Gasteiger partial charge in [-0.2, -0.15) is 5.10 Å². The van der Waals surface area contributed by atoms with Gasteiger partial charge in [0.15, 0.2) is 0 Å². The number of allylic oxidation sites excluding steroid dienone is 1. The maximum Gasteiger partial charge on any atom is 0.0620 e. The quantitative estimate of drug-likeness (QED) is 0.585. The van der Waals surface area contributed by atoms with E-state index in [-0.39, 0.29) is 0 Å². The highest BCUT2D eigenvalue weighted by atomic mass is 35.5. The SMILES string of the molecule is CN(C)CCC(/C=C\c1ccccc1)=N/Nc1ccc(Cl)cc1. The van der Waals surface area contributed by atoms with Gasteiger partial charge in [0.05, 0.1) is 11.4 Å². The summed E-state index contributed by atoms with van der Waals surface area (Å²) in [5.41, 5.74) is 6.17. The van der Waals surface area contributed by atoms with Crippen molar-refractivity contribution in [1.82, 2.24) is 4.90 Å². The van der Waals surface area contributed by atoms with E-state index in [1.54, 1.807) is 0 Å². The van der Waals surface area contributed by atoms with Crippen molar-refractivity contribution >= 4 is 29.1 Å². The molecule has 0 spiro atoms. The average Bonchev–Trinajstić information content (AvgIpc) is 2.56. The summed E-state index contributed by atoms with van der Waals surface area (Å²) in [6, 6.07) is 17.7. The Hall–Kier alpha value is -2.10. The van der Waals surface area contributed by atoms with Gasteiger partial charge in [-0.15, -0.1) is 0 Å². The number of hydrogen-bond acceptors (Lipinski definition) is 3. The van der Waals surface area contributed by atoms with Crippen molar-refractivity contribution in [1.29, 1.82) is 0 Å². The van der Waals surface area contributed by atoms with Gasteiger partial charge in [0.2, 0.25) is 0 Å². The van der Waals surface area contributed by atoms with Crippen LogP contribution in [0.25, 0.3) is 6.08 Å². The Balaban J connectivity index is 2.07. The number of hydrogen-bond donors (Lipinski definition) is 1. The van der Waals surface area contributed by atoms with Gasteiger partial charge in [0.1, 0.15) is 0 Å². The van der Waals surface area contributed by atoms with Crippen LogP contribution in [0.15, 0.2) is 65.8 Å². The average molecular weight is 328 g/mol. The predicted octanol–water partition coefficient (Wildman–Crippen LogP) is 4.77. The van der Waals surface area contributed by atoms with Crippen LogP contribution in [0.4, 0.5) is 5.69 Å². The fourth-order valence-corrected chi connectivity index (χ4v) is 2.06. The van der Waals surface area contributed by atoms with Crippen molar-refractivity contribution in [3.63, 3.8) is 0 Å². The molecular weight excluding hydrogens is 306 g/mol. The van der Waals surface area contributed by atoms with E-state index in [1.165, 1.54) is 0 Å². The van der Waals surface area contributed by atoms with E-state index in [9.17, 15) is 0 Å². The molecule has 0 unspecified atom stereocenters.